The molecule has 1 saturated heterocycles. The summed E-state index contributed by atoms with van der Waals surface area (Å²) in [7, 11) is 1.60. The van der Waals surface area contributed by atoms with Crippen molar-refractivity contribution in [1.29, 1.82) is 0 Å². The summed E-state index contributed by atoms with van der Waals surface area (Å²) in [6.07, 6.45) is -0.864. The Morgan fingerprint density at radius 2 is 1.40 bits per heavy atom. The van der Waals surface area contributed by atoms with E-state index in [4.69, 9.17) is 28.4 Å². The third kappa shape index (κ3) is 9.60. The standard InChI is InChI=1S/C13H26O7/c1-15-10-13-11-19-7-5-17-3-2-16-4-6-18-8-12(14)9-20-13/h12-14H,2-11H2,1H3. The van der Waals surface area contributed by atoms with Gasteiger partial charge in [0.25, 0.3) is 0 Å². The molecule has 0 aromatic carbocycles. The minimum absolute atomic E-state index is 0.189. The molecule has 0 spiro atoms. The molecule has 0 bridgehead atoms. The number of aliphatic hydroxyl groups is 1. The van der Waals surface area contributed by atoms with Crippen molar-refractivity contribution in [1.82, 2.24) is 0 Å². The smallest absolute Gasteiger partial charge is 0.104 e. The molecule has 20 heavy (non-hydrogen) atoms. The topological polar surface area (TPSA) is 75.6 Å². The molecule has 1 heterocycles. The Hall–Kier alpha value is -0.280. The van der Waals surface area contributed by atoms with Crippen LogP contribution in [0.2, 0.25) is 0 Å². The predicted octanol–water partition coefficient (Wildman–Crippen LogP) is -0.541. The predicted molar refractivity (Wildman–Crippen MR) is 70.9 cm³/mol. The second-order valence-electron chi connectivity index (χ2n) is 4.44. The van der Waals surface area contributed by atoms with Crippen LogP contribution in [-0.4, -0.2) is 90.5 Å². The molecular formula is C13H26O7. The summed E-state index contributed by atoms with van der Waals surface area (Å²) in [5.74, 6) is 0. The number of rotatable bonds is 2. The van der Waals surface area contributed by atoms with E-state index in [2.05, 4.69) is 0 Å². The molecule has 7 nitrogen and oxygen atoms in total. The Bertz CT molecular complexity index is 215. The van der Waals surface area contributed by atoms with Crippen LogP contribution < -0.4 is 0 Å². The molecule has 1 rings (SSSR count). The molecule has 0 aromatic rings. The zero-order valence-electron chi connectivity index (χ0n) is 12.1. The van der Waals surface area contributed by atoms with Crippen LogP contribution in [0.1, 0.15) is 0 Å². The van der Waals surface area contributed by atoms with Gasteiger partial charge >= 0.3 is 0 Å². The highest BCUT2D eigenvalue weighted by Crippen LogP contribution is 1.98. The Kier molecular flexibility index (Phi) is 11.1. The van der Waals surface area contributed by atoms with Crippen molar-refractivity contribution in [2.24, 2.45) is 0 Å². The van der Waals surface area contributed by atoms with Gasteiger partial charge in [-0.05, 0) is 0 Å². The maximum atomic E-state index is 9.71. The van der Waals surface area contributed by atoms with Crippen LogP contribution in [-0.2, 0) is 28.4 Å². The quantitative estimate of drug-likeness (QED) is 0.733. The van der Waals surface area contributed by atoms with Gasteiger partial charge < -0.3 is 33.5 Å². The highest BCUT2D eigenvalue weighted by atomic mass is 16.6. The maximum Gasteiger partial charge on any atom is 0.104 e. The number of aliphatic hydroxyl groups excluding tert-OH is 1. The van der Waals surface area contributed by atoms with Crippen molar-refractivity contribution < 1.29 is 33.5 Å². The van der Waals surface area contributed by atoms with Gasteiger partial charge in [0.05, 0.1) is 66.1 Å². The molecule has 0 radical (unpaired) electrons. The molecule has 2 unspecified atom stereocenters. The summed E-state index contributed by atoms with van der Waals surface area (Å²) in [5, 5.41) is 9.71. The molecular weight excluding hydrogens is 268 g/mol. The lowest BCUT2D eigenvalue weighted by Gasteiger charge is -2.20. The Morgan fingerprint density at radius 1 is 0.850 bits per heavy atom. The van der Waals surface area contributed by atoms with Crippen molar-refractivity contribution >= 4 is 0 Å². The molecule has 1 fully saturated rings. The van der Waals surface area contributed by atoms with E-state index in [-0.39, 0.29) is 19.3 Å². The highest BCUT2D eigenvalue weighted by Gasteiger charge is 2.13. The van der Waals surface area contributed by atoms with Gasteiger partial charge in [0.15, 0.2) is 0 Å². The van der Waals surface area contributed by atoms with E-state index in [9.17, 15) is 5.11 Å². The van der Waals surface area contributed by atoms with Crippen LogP contribution in [0, 0.1) is 0 Å². The number of ether oxygens (including phenoxy) is 6. The molecule has 2 atom stereocenters. The largest absolute Gasteiger partial charge is 0.388 e. The lowest BCUT2D eigenvalue weighted by atomic mass is 10.3. The van der Waals surface area contributed by atoms with Crippen LogP contribution in [0.4, 0.5) is 0 Å². The van der Waals surface area contributed by atoms with Crippen molar-refractivity contribution in [3.63, 3.8) is 0 Å². The fourth-order valence-corrected chi connectivity index (χ4v) is 1.62. The molecule has 0 aromatic heterocycles. The lowest BCUT2D eigenvalue weighted by molar-refractivity contribution is -0.0976. The first-order valence-corrected chi connectivity index (χ1v) is 6.92. The first-order valence-electron chi connectivity index (χ1n) is 6.92. The summed E-state index contributed by atoms with van der Waals surface area (Å²) in [6, 6.07) is 0. The summed E-state index contributed by atoms with van der Waals surface area (Å²) >= 11 is 0. The number of hydrogen-bond acceptors (Lipinski definition) is 7. The van der Waals surface area contributed by atoms with Gasteiger partial charge in [0.2, 0.25) is 0 Å². The molecule has 0 saturated carbocycles. The third-order valence-electron chi connectivity index (χ3n) is 2.61. The minimum atomic E-state index is -0.661. The van der Waals surface area contributed by atoms with Gasteiger partial charge in [-0.3, -0.25) is 0 Å². The molecule has 0 amide bonds. The second-order valence-corrected chi connectivity index (χ2v) is 4.44. The van der Waals surface area contributed by atoms with Crippen molar-refractivity contribution in [3.8, 4) is 0 Å². The maximum absolute atomic E-state index is 9.71. The fraction of sp³-hybridized carbons (Fsp3) is 1.00. The van der Waals surface area contributed by atoms with Gasteiger partial charge in [-0.2, -0.15) is 0 Å². The summed E-state index contributed by atoms with van der Waals surface area (Å²) < 4.78 is 32.0. The molecule has 1 aliphatic rings. The van der Waals surface area contributed by atoms with E-state index in [1.807, 2.05) is 0 Å². The van der Waals surface area contributed by atoms with Gasteiger partial charge in [-0.15, -0.1) is 0 Å². The first-order chi connectivity index (χ1) is 9.83. The van der Waals surface area contributed by atoms with E-state index in [1.54, 1.807) is 7.11 Å². The minimum Gasteiger partial charge on any atom is -0.388 e. The van der Waals surface area contributed by atoms with Crippen LogP contribution in [0.15, 0.2) is 0 Å². The van der Waals surface area contributed by atoms with E-state index in [0.717, 1.165) is 0 Å². The summed E-state index contributed by atoms with van der Waals surface area (Å²) in [6.45, 7) is 4.24. The van der Waals surface area contributed by atoms with Gasteiger partial charge in [-0.25, -0.2) is 0 Å². The third-order valence-corrected chi connectivity index (χ3v) is 2.61. The molecule has 7 heteroatoms. The molecule has 1 N–H and O–H groups in total. The van der Waals surface area contributed by atoms with Crippen molar-refractivity contribution in [3.05, 3.63) is 0 Å². The zero-order chi connectivity index (χ0) is 14.5. The molecule has 1 aliphatic heterocycles. The monoisotopic (exact) mass is 294 g/mol. The van der Waals surface area contributed by atoms with Crippen molar-refractivity contribution in [2.75, 3.05) is 73.2 Å². The molecule has 120 valence electrons. The van der Waals surface area contributed by atoms with E-state index in [0.29, 0.717) is 52.9 Å². The SMILES string of the molecule is COCC1COCCOCCOCCOCC(O)CO1. The Balaban J connectivity index is 2.29. The van der Waals surface area contributed by atoms with E-state index in [1.165, 1.54) is 0 Å². The van der Waals surface area contributed by atoms with Crippen LogP contribution in [0.25, 0.3) is 0 Å². The Morgan fingerprint density at radius 3 is 2.00 bits per heavy atom. The first kappa shape index (κ1) is 17.8. The van der Waals surface area contributed by atoms with Gasteiger partial charge in [0, 0.05) is 7.11 Å². The number of methoxy groups -OCH3 is 1. The van der Waals surface area contributed by atoms with Crippen LogP contribution in [0.5, 0.6) is 0 Å². The van der Waals surface area contributed by atoms with Gasteiger partial charge in [0.1, 0.15) is 12.2 Å². The van der Waals surface area contributed by atoms with Crippen LogP contribution in [0.3, 0.4) is 0 Å². The summed E-state index contributed by atoms with van der Waals surface area (Å²) in [5.41, 5.74) is 0. The van der Waals surface area contributed by atoms with E-state index >= 15 is 0 Å². The van der Waals surface area contributed by atoms with Crippen molar-refractivity contribution in [2.45, 2.75) is 12.2 Å². The van der Waals surface area contributed by atoms with Crippen LogP contribution >= 0.6 is 0 Å². The average Bonchev–Trinajstić information content (AvgIpc) is 2.44. The van der Waals surface area contributed by atoms with E-state index < -0.39 is 6.10 Å². The normalized spacial score (nSPS) is 29.1. The Labute approximate surface area is 120 Å². The highest BCUT2D eigenvalue weighted by molar-refractivity contribution is 4.59. The lowest BCUT2D eigenvalue weighted by Crippen LogP contribution is -2.31. The number of hydrogen-bond donors (Lipinski definition) is 1. The summed E-state index contributed by atoms with van der Waals surface area (Å²) in [4.78, 5) is 0. The second kappa shape index (κ2) is 12.5. The fourth-order valence-electron chi connectivity index (χ4n) is 1.62. The average molecular weight is 294 g/mol. The molecule has 0 aliphatic carbocycles. The zero-order valence-corrected chi connectivity index (χ0v) is 12.1. The van der Waals surface area contributed by atoms with Gasteiger partial charge in [-0.1, -0.05) is 0 Å².